The monoisotopic (exact) mass is 504 g/mol. The van der Waals surface area contributed by atoms with E-state index in [1.54, 1.807) is 33.8 Å². The smallest absolute Gasteiger partial charge is 0.306 e. The van der Waals surface area contributed by atoms with Crippen molar-refractivity contribution in [1.82, 2.24) is 0 Å². The molecule has 4 aliphatic rings. The van der Waals surface area contributed by atoms with E-state index in [-0.39, 0.29) is 31.0 Å². The standard InChI is InChI=1S/C28H37FO7/c1-6-23(33)35-15-22(32)28(36-24(34)7-2)16(3)12-20-19-9-8-17-13-18(30)10-11-25(17,4)27(19,29)21(31)14-26(20,28)5/h10-11,13,16,19-21,31H,6-9,12,14-15H2,1-5H3/t16-,19-,20-,21-,25-,26-,27-,28+/m0/s1. The first-order valence-corrected chi connectivity index (χ1v) is 13.0. The van der Waals surface area contributed by atoms with Gasteiger partial charge < -0.3 is 14.6 Å². The Kier molecular flexibility index (Phi) is 6.60. The fourth-order valence-corrected chi connectivity index (χ4v) is 8.01. The molecule has 8 heteroatoms. The van der Waals surface area contributed by atoms with Crippen molar-refractivity contribution >= 4 is 23.5 Å². The number of carbonyl (C=O) groups excluding carboxylic acids is 4. The van der Waals surface area contributed by atoms with Gasteiger partial charge in [0.2, 0.25) is 5.78 Å². The van der Waals surface area contributed by atoms with Crippen LogP contribution >= 0.6 is 0 Å². The lowest BCUT2D eigenvalue weighted by Crippen LogP contribution is -2.70. The normalized spacial score (nSPS) is 43.1. The topological polar surface area (TPSA) is 107 Å². The third-order valence-electron chi connectivity index (χ3n) is 9.81. The third kappa shape index (κ3) is 3.39. The molecule has 0 unspecified atom stereocenters. The highest BCUT2D eigenvalue weighted by atomic mass is 19.1. The van der Waals surface area contributed by atoms with Crippen LogP contribution in [-0.4, -0.2) is 52.6 Å². The number of alkyl halides is 1. The van der Waals surface area contributed by atoms with Gasteiger partial charge in [-0.1, -0.05) is 39.3 Å². The van der Waals surface area contributed by atoms with Crippen molar-refractivity contribution < 1.29 is 38.1 Å². The van der Waals surface area contributed by atoms with Gasteiger partial charge in [-0.2, -0.15) is 0 Å². The molecule has 3 fully saturated rings. The van der Waals surface area contributed by atoms with E-state index in [0.717, 1.165) is 0 Å². The molecule has 0 saturated heterocycles. The van der Waals surface area contributed by atoms with Crippen LogP contribution in [0, 0.1) is 28.6 Å². The zero-order valence-corrected chi connectivity index (χ0v) is 21.8. The fraction of sp³-hybridized carbons (Fsp3) is 0.714. The van der Waals surface area contributed by atoms with Crippen LogP contribution in [0.5, 0.6) is 0 Å². The van der Waals surface area contributed by atoms with Gasteiger partial charge in [0.15, 0.2) is 23.7 Å². The van der Waals surface area contributed by atoms with Gasteiger partial charge in [0, 0.05) is 35.5 Å². The van der Waals surface area contributed by atoms with E-state index in [0.29, 0.717) is 24.8 Å². The lowest BCUT2D eigenvalue weighted by molar-refractivity contribution is -0.228. The molecule has 0 aromatic rings. The van der Waals surface area contributed by atoms with Gasteiger partial charge >= 0.3 is 11.9 Å². The molecule has 0 radical (unpaired) electrons. The maximum atomic E-state index is 17.4. The van der Waals surface area contributed by atoms with Crippen LogP contribution in [0.15, 0.2) is 23.8 Å². The van der Waals surface area contributed by atoms with Crippen molar-refractivity contribution in [2.75, 3.05) is 6.61 Å². The summed E-state index contributed by atoms with van der Waals surface area (Å²) in [5, 5.41) is 11.5. The average molecular weight is 505 g/mol. The van der Waals surface area contributed by atoms with E-state index in [1.807, 2.05) is 6.92 Å². The number of ketones is 2. The molecule has 36 heavy (non-hydrogen) atoms. The van der Waals surface area contributed by atoms with Crippen LogP contribution in [0.3, 0.4) is 0 Å². The van der Waals surface area contributed by atoms with E-state index >= 15 is 4.39 Å². The Labute approximate surface area is 211 Å². The molecule has 0 aromatic carbocycles. The minimum atomic E-state index is -2.05. The Hall–Kier alpha value is -2.35. The number of fused-ring (bicyclic) bond motifs is 5. The Balaban J connectivity index is 1.80. The van der Waals surface area contributed by atoms with Crippen LogP contribution < -0.4 is 0 Å². The van der Waals surface area contributed by atoms with Crippen molar-refractivity contribution in [3.05, 3.63) is 23.8 Å². The van der Waals surface area contributed by atoms with E-state index in [1.165, 1.54) is 12.2 Å². The third-order valence-corrected chi connectivity index (χ3v) is 9.81. The quantitative estimate of drug-likeness (QED) is 0.548. The number of rotatable bonds is 6. The summed E-state index contributed by atoms with van der Waals surface area (Å²) in [7, 11) is 0. The van der Waals surface area contributed by atoms with Gasteiger partial charge in [-0.25, -0.2) is 4.39 Å². The number of esters is 2. The summed E-state index contributed by atoms with van der Waals surface area (Å²) in [6.07, 6.45) is 4.32. The molecule has 8 atom stereocenters. The number of allylic oxidation sites excluding steroid dienone is 4. The lowest BCUT2D eigenvalue weighted by atomic mass is 9.44. The highest BCUT2D eigenvalue weighted by molar-refractivity contribution is 6.01. The number of ether oxygens (including phenoxy) is 2. The van der Waals surface area contributed by atoms with Crippen molar-refractivity contribution in [2.45, 2.75) is 90.5 Å². The number of hydrogen-bond acceptors (Lipinski definition) is 7. The van der Waals surface area contributed by atoms with Gasteiger partial charge in [-0.05, 0) is 50.7 Å². The lowest BCUT2D eigenvalue weighted by Gasteiger charge is -2.62. The number of carbonyl (C=O) groups is 4. The maximum absolute atomic E-state index is 17.4. The second kappa shape index (κ2) is 8.89. The summed E-state index contributed by atoms with van der Waals surface area (Å²) in [5.41, 5.74) is -5.26. The summed E-state index contributed by atoms with van der Waals surface area (Å²) in [6.45, 7) is 8.05. The molecule has 0 aromatic heterocycles. The van der Waals surface area contributed by atoms with Crippen LogP contribution in [0.1, 0.15) is 73.1 Å². The molecule has 3 saturated carbocycles. The molecule has 0 aliphatic heterocycles. The van der Waals surface area contributed by atoms with E-state index in [4.69, 9.17) is 9.47 Å². The van der Waals surface area contributed by atoms with Gasteiger partial charge in [0.1, 0.15) is 0 Å². The molecule has 4 rings (SSSR count). The average Bonchev–Trinajstić information content (AvgIpc) is 3.05. The van der Waals surface area contributed by atoms with Crippen molar-refractivity contribution in [3.63, 3.8) is 0 Å². The van der Waals surface area contributed by atoms with Crippen LogP contribution in [0.25, 0.3) is 0 Å². The SMILES string of the molecule is CCC(=O)OCC(=O)[C@]1(OC(=O)CC)[C@@H](C)C[C@H]2[C@@H]3CCC4=CC(=O)C=C[C@]4(C)[C@@]3(F)[C@@H](O)C[C@@]21C. The number of Topliss-reactive ketones (excluding diaryl/α,β-unsaturated/α-hetero) is 1. The number of aliphatic hydroxyl groups is 1. The number of hydrogen-bond donors (Lipinski definition) is 1. The van der Waals surface area contributed by atoms with E-state index in [9.17, 15) is 24.3 Å². The Morgan fingerprint density at radius 1 is 1.14 bits per heavy atom. The first kappa shape index (κ1) is 26.7. The molecule has 4 aliphatic carbocycles. The summed E-state index contributed by atoms with van der Waals surface area (Å²) < 4.78 is 28.5. The zero-order chi connectivity index (χ0) is 26.7. The minimum Gasteiger partial charge on any atom is -0.457 e. The van der Waals surface area contributed by atoms with Gasteiger partial charge in [-0.15, -0.1) is 0 Å². The predicted molar refractivity (Wildman–Crippen MR) is 128 cm³/mol. The Morgan fingerprint density at radius 3 is 2.44 bits per heavy atom. The summed E-state index contributed by atoms with van der Waals surface area (Å²) in [4.78, 5) is 50.3. The van der Waals surface area contributed by atoms with Crippen molar-refractivity contribution in [2.24, 2.45) is 28.6 Å². The molecule has 0 heterocycles. The molecular weight excluding hydrogens is 467 g/mol. The molecule has 198 valence electrons. The van der Waals surface area contributed by atoms with Crippen LogP contribution in [0.2, 0.25) is 0 Å². The maximum Gasteiger partial charge on any atom is 0.306 e. The summed E-state index contributed by atoms with van der Waals surface area (Å²) in [6, 6.07) is 0. The molecule has 1 N–H and O–H groups in total. The molecule has 7 nitrogen and oxygen atoms in total. The highest BCUT2D eigenvalue weighted by Crippen LogP contribution is 2.71. The first-order chi connectivity index (χ1) is 16.8. The van der Waals surface area contributed by atoms with Crippen LogP contribution in [-0.2, 0) is 28.7 Å². The largest absolute Gasteiger partial charge is 0.457 e. The van der Waals surface area contributed by atoms with Gasteiger partial charge in [0.25, 0.3) is 0 Å². The van der Waals surface area contributed by atoms with E-state index in [2.05, 4.69) is 0 Å². The predicted octanol–water partition coefficient (Wildman–Crippen LogP) is 3.82. The van der Waals surface area contributed by atoms with Crippen molar-refractivity contribution in [3.8, 4) is 0 Å². The number of aliphatic hydroxyl groups excluding tert-OH is 1. The second-order valence-electron chi connectivity index (χ2n) is 11.4. The molecule has 0 amide bonds. The number of halogens is 1. The van der Waals surface area contributed by atoms with Crippen molar-refractivity contribution in [1.29, 1.82) is 0 Å². The van der Waals surface area contributed by atoms with Gasteiger partial charge in [-0.3, -0.25) is 19.2 Å². The van der Waals surface area contributed by atoms with Crippen LogP contribution in [0.4, 0.5) is 4.39 Å². The Morgan fingerprint density at radius 2 is 1.81 bits per heavy atom. The second-order valence-corrected chi connectivity index (χ2v) is 11.4. The molecular formula is C28H37FO7. The first-order valence-electron chi connectivity index (χ1n) is 13.0. The fourth-order valence-electron chi connectivity index (χ4n) is 8.01. The zero-order valence-electron chi connectivity index (χ0n) is 21.8. The minimum absolute atomic E-state index is 0.0430. The summed E-state index contributed by atoms with van der Waals surface area (Å²) >= 11 is 0. The summed E-state index contributed by atoms with van der Waals surface area (Å²) in [5.74, 6) is -3.31. The van der Waals surface area contributed by atoms with E-state index < -0.39 is 64.4 Å². The van der Waals surface area contributed by atoms with Gasteiger partial charge in [0.05, 0.1) is 6.10 Å². The highest BCUT2D eigenvalue weighted by Gasteiger charge is 2.77. The molecule has 0 spiro atoms. The Bertz CT molecular complexity index is 1050. The molecule has 0 bridgehead atoms.